The van der Waals surface area contributed by atoms with Gasteiger partial charge in [-0.2, -0.15) is 0 Å². The summed E-state index contributed by atoms with van der Waals surface area (Å²) >= 11 is 0. The van der Waals surface area contributed by atoms with E-state index in [1.807, 2.05) is 30.3 Å². The van der Waals surface area contributed by atoms with E-state index >= 15 is 0 Å². The fourth-order valence-corrected chi connectivity index (χ4v) is 3.53. The van der Waals surface area contributed by atoms with Crippen LogP contribution in [0.3, 0.4) is 0 Å². The van der Waals surface area contributed by atoms with Gasteiger partial charge < -0.3 is 20.5 Å². The van der Waals surface area contributed by atoms with Gasteiger partial charge in [0.15, 0.2) is 0 Å². The standard InChI is InChI=1S/C27H34N2O2/c1-21(19-29-15-6-16-30-2)24-11-9-22(10-12-24)17-25-18-26(13-14-27(25)28)31-20-23-7-4-3-5-8-23/h3-5,7-14,18,21,29H,6,15-17,19-20,28H2,1-2H3. The molecule has 164 valence electrons. The Kier molecular flexibility index (Phi) is 8.95. The highest BCUT2D eigenvalue weighted by atomic mass is 16.5. The van der Waals surface area contributed by atoms with Crippen LogP contribution in [0.2, 0.25) is 0 Å². The molecule has 0 fully saturated rings. The third kappa shape index (κ3) is 7.42. The van der Waals surface area contributed by atoms with Crippen LogP contribution in [0, 0.1) is 0 Å². The molecule has 3 rings (SSSR count). The van der Waals surface area contributed by atoms with E-state index in [1.165, 1.54) is 11.1 Å². The van der Waals surface area contributed by atoms with Gasteiger partial charge in [-0.25, -0.2) is 0 Å². The van der Waals surface area contributed by atoms with Gasteiger partial charge in [0.2, 0.25) is 0 Å². The van der Waals surface area contributed by atoms with Crippen LogP contribution < -0.4 is 15.8 Å². The molecule has 0 aliphatic heterocycles. The Labute approximate surface area is 186 Å². The summed E-state index contributed by atoms with van der Waals surface area (Å²) in [6, 6.07) is 25.0. The van der Waals surface area contributed by atoms with Crippen LogP contribution in [0.1, 0.15) is 41.5 Å². The molecule has 0 radical (unpaired) electrons. The second-order valence-electron chi connectivity index (χ2n) is 8.00. The lowest BCUT2D eigenvalue weighted by Gasteiger charge is -2.14. The molecule has 1 unspecified atom stereocenters. The molecular formula is C27H34N2O2. The monoisotopic (exact) mass is 418 g/mol. The molecule has 3 aromatic rings. The van der Waals surface area contributed by atoms with E-state index in [9.17, 15) is 0 Å². The maximum absolute atomic E-state index is 6.24. The molecule has 4 heteroatoms. The van der Waals surface area contributed by atoms with Crippen molar-refractivity contribution in [2.24, 2.45) is 0 Å². The maximum atomic E-state index is 6.24. The quantitative estimate of drug-likeness (QED) is 0.315. The lowest BCUT2D eigenvalue weighted by Crippen LogP contribution is -2.22. The van der Waals surface area contributed by atoms with Crippen LogP contribution in [-0.4, -0.2) is 26.8 Å². The van der Waals surface area contributed by atoms with Crippen molar-refractivity contribution in [1.29, 1.82) is 0 Å². The summed E-state index contributed by atoms with van der Waals surface area (Å²) in [4.78, 5) is 0. The van der Waals surface area contributed by atoms with Gasteiger partial charge in [-0.05, 0) is 65.8 Å². The minimum Gasteiger partial charge on any atom is -0.489 e. The number of ether oxygens (including phenoxy) is 2. The molecule has 31 heavy (non-hydrogen) atoms. The number of methoxy groups -OCH3 is 1. The second kappa shape index (κ2) is 12.1. The summed E-state index contributed by atoms with van der Waals surface area (Å²) in [7, 11) is 1.74. The van der Waals surface area contributed by atoms with Crippen molar-refractivity contribution < 1.29 is 9.47 Å². The summed E-state index contributed by atoms with van der Waals surface area (Å²) in [5.41, 5.74) is 11.9. The van der Waals surface area contributed by atoms with Crippen molar-refractivity contribution >= 4 is 5.69 Å². The largest absolute Gasteiger partial charge is 0.489 e. The Hall–Kier alpha value is -2.82. The van der Waals surface area contributed by atoms with Gasteiger partial charge in [-0.15, -0.1) is 0 Å². The van der Waals surface area contributed by atoms with E-state index in [0.717, 1.165) is 55.1 Å². The molecule has 0 amide bonds. The van der Waals surface area contributed by atoms with Crippen molar-refractivity contribution in [2.45, 2.75) is 32.3 Å². The van der Waals surface area contributed by atoms with Gasteiger partial charge in [0.25, 0.3) is 0 Å². The van der Waals surface area contributed by atoms with Crippen molar-refractivity contribution in [3.63, 3.8) is 0 Å². The van der Waals surface area contributed by atoms with E-state index in [1.54, 1.807) is 7.11 Å². The Balaban J connectivity index is 1.55. The third-order valence-electron chi connectivity index (χ3n) is 5.46. The van der Waals surface area contributed by atoms with E-state index in [2.05, 4.69) is 54.7 Å². The lowest BCUT2D eigenvalue weighted by molar-refractivity contribution is 0.194. The number of rotatable bonds is 12. The Morgan fingerprint density at radius 2 is 1.71 bits per heavy atom. The zero-order chi connectivity index (χ0) is 21.9. The van der Waals surface area contributed by atoms with Crippen molar-refractivity contribution in [3.8, 4) is 5.75 Å². The van der Waals surface area contributed by atoms with Crippen LogP contribution >= 0.6 is 0 Å². The number of nitrogens with one attached hydrogen (secondary N) is 1. The highest BCUT2D eigenvalue weighted by Crippen LogP contribution is 2.24. The molecule has 0 aliphatic carbocycles. The summed E-state index contributed by atoms with van der Waals surface area (Å²) in [6.45, 7) is 5.56. The average Bonchev–Trinajstić information content (AvgIpc) is 2.80. The summed E-state index contributed by atoms with van der Waals surface area (Å²) in [6.07, 6.45) is 1.83. The normalized spacial score (nSPS) is 11.9. The fraction of sp³-hybridized carbons (Fsp3) is 0.333. The van der Waals surface area contributed by atoms with Crippen LogP contribution in [-0.2, 0) is 17.8 Å². The van der Waals surface area contributed by atoms with Crippen LogP contribution in [0.4, 0.5) is 5.69 Å². The second-order valence-corrected chi connectivity index (χ2v) is 8.00. The predicted octanol–water partition coefficient (Wildman–Crippen LogP) is 5.17. The topological polar surface area (TPSA) is 56.5 Å². The molecule has 0 bridgehead atoms. The number of hydrogen-bond donors (Lipinski definition) is 2. The molecule has 0 spiro atoms. The van der Waals surface area contributed by atoms with Gasteiger partial charge in [0.05, 0.1) is 0 Å². The van der Waals surface area contributed by atoms with Gasteiger partial charge in [0.1, 0.15) is 12.4 Å². The lowest BCUT2D eigenvalue weighted by atomic mass is 9.97. The third-order valence-corrected chi connectivity index (χ3v) is 5.46. The van der Waals surface area contributed by atoms with Gasteiger partial charge >= 0.3 is 0 Å². The molecule has 0 aromatic heterocycles. The summed E-state index contributed by atoms with van der Waals surface area (Å²) in [5, 5.41) is 3.50. The minimum absolute atomic E-state index is 0.469. The molecule has 0 saturated carbocycles. The van der Waals surface area contributed by atoms with Crippen LogP contribution in [0.15, 0.2) is 72.8 Å². The first kappa shape index (κ1) is 22.9. The van der Waals surface area contributed by atoms with E-state index < -0.39 is 0 Å². The molecule has 3 aromatic carbocycles. The SMILES string of the molecule is COCCCNCC(C)c1ccc(Cc2cc(OCc3ccccc3)ccc2N)cc1. The number of benzene rings is 3. The Bertz CT molecular complexity index is 910. The molecule has 1 atom stereocenters. The van der Waals surface area contributed by atoms with Crippen LogP contribution in [0.25, 0.3) is 0 Å². The first-order valence-electron chi connectivity index (χ1n) is 11.0. The van der Waals surface area contributed by atoms with Crippen molar-refractivity contribution in [1.82, 2.24) is 5.32 Å². The predicted molar refractivity (Wildman–Crippen MR) is 129 cm³/mol. The van der Waals surface area contributed by atoms with Crippen molar-refractivity contribution in [3.05, 3.63) is 95.1 Å². The first-order chi connectivity index (χ1) is 15.2. The zero-order valence-electron chi connectivity index (χ0n) is 18.6. The smallest absolute Gasteiger partial charge is 0.120 e. The number of hydrogen-bond acceptors (Lipinski definition) is 4. The van der Waals surface area contributed by atoms with Gasteiger partial charge in [0, 0.05) is 25.9 Å². The average molecular weight is 419 g/mol. The molecule has 3 N–H and O–H groups in total. The van der Waals surface area contributed by atoms with Crippen LogP contribution in [0.5, 0.6) is 5.75 Å². The molecule has 0 aliphatic rings. The zero-order valence-corrected chi connectivity index (χ0v) is 18.6. The van der Waals surface area contributed by atoms with Gasteiger partial charge in [-0.3, -0.25) is 0 Å². The summed E-state index contributed by atoms with van der Waals surface area (Å²) in [5.74, 6) is 1.31. The molecular weight excluding hydrogens is 384 g/mol. The fourth-order valence-electron chi connectivity index (χ4n) is 3.53. The molecule has 4 nitrogen and oxygen atoms in total. The number of nitrogen functional groups attached to an aromatic ring is 1. The highest BCUT2D eigenvalue weighted by Gasteiger charge is 2.08. The Morgan fingerprint density at radius 3 is 2.45 bits per heavy atom. The number of nitrogens with two attached hydrogens (primary N) is 1. The maximum Gasteiger partial charge on any atom is 0.120 e. The molecule has 0 heterocycles. The highest BCUT2D eigenvalue weighted by molar-refractivity contribution is 5.52. The van der Waals surface area contributed by atoms with E-state index in [0.29, 0.717) is 12.5 Å². The number of anilines is 1. The van der Waals surface area contributed by atoms with Crippen molar-refractivity contribution in [2.75, 3.05) is 32.5 Å². The molecule has 0 saturated heterocycles. The Morgan fingerprint density at radius 1 is 0.935 bits per heavy atom. The van der Waals surface area contributed by atoms with E-state index in [4.69, 9.17) is 15.2 Å². The van der Waals surface area contributed by atoms with Gasteiger partial charge in [-0.1, -0.05) is 61.5 Å². The minimum atomic E-state index is 0.469. The summed E-state index contributed by atoms with van der Waals surface area (Å²) < 4.78 is 11.1. The van der Waals surface area contributed by atoms with E-state index in [-0.39, 0.29) is 0 Å². The first-order valence-corrected chi connectivity index (χ1v) is 11.0.